The second-order valence-electron chi connectivity index (χ2n) is 15.8. The van der Waals surface area contributed by atoms with Crippen LogP contribution in [0.15, 0.2) is 224 Å². The van der Waals surface area contributed by atoms with Gasteiger partial charge in [-0.15, -0.1) is 11.3 Å². The van der Waals surface area contributed by atoms with E-state index in [4.69, 9.17) is 9.97 Å². The van der Waals surface area contributed by atoms with E-state index in [0.717, 1.165) is 77.9 Å². The van der Waals surface area contributed by atoms with Crippen molar-refractivity contribution in [2.24, 2.45) is 0 Å². The fourth-order valence-electron chi connectivity index (χ4n) is 8.99. The number of rotatable bonds is 7. The van der Waals surface area contributed by atoms with Gasteiger partial charge in [-0.25, -0.2) is 9.97 Å². The highest BCUT2D eigenvalue weighted by Crippen LogP contribution is 2.43. The minimum Gasteiger partial charge on any atom is -0.310 e. The van der Waals surface area contributed by atoms with Crippen LogP contribution in [0.25, 0.3) is 97.5 Å². The lowest BCUT2D eigenvalue weighted by atomic mass is 9.95. The van der Waals surface area contributed by atoms with Crippen molar-refractivity contribution >= 4 is 81.1 Å². The van der Waals surface area contributed by atoms with Gasteiger partial charge in [0.25, 0.3) is 0 Å². The van der Waals surface area contributed by atoms with Gasteiger partial charge < -0.3 is 4.90 Å². The van der Waals surface area contributed by atoms with Crippen LogP contribution in [-0.2, 0) is 0 Å². The molecular weight excluding hydrogens is 771 g/mol. The third-order valence-corrected chi connectivity index (χ3v) is 13.2. The standard InChI is InChI=1S/C58H37N3S/c1-4-13-38(14-5-1)44-19-12-20-47(35-44)61(48-32-34-54-51(37-48)49-21-10-11-22-53(49)62-54)46-30-27-39(28-31-46)45-26-24-40-23-25-41-29-33-52-58(55(41)50(40)36-45)60-57(43-17-8-3-9-18-43)56(59-52)42-15-6-2-7-16-42/h1-37H. The molecule has 0 radical (unpaired) electrons. The van der Waals surface area contributed by atoms with Crippen LogP contribution in [0.5, 0.6) is 0 Å². The molecule has 0 spiro atoms. The molecule has 12 aromatic rings. The maximum atomic E-state index is 5.48. The summed E-state index contributed by atoms with van der Waals surface area (Å²) in [6, 6.07) is 80.4. The molecule has 0 aliphatic carbocycles. The summed E-state index contributed by atoms with van der Waals surface area (Å²) < 4.78 is 2.59. The zero-order valence-corrected chi connectivity index (χ0v) is 34.4. The Balaban J connectivity index is 0.994. The van der Waals surface area contributed by atoms with E-state index in [1.54, 1.807) is 0 Å². The first kappa shape index (κ1) is 36.0. The van der Waals surface area contributed by atoms with Gasteiger partial charge >= 0.3 is 0 Å². The Bertz CT molecular complexity index is 3620. The van der Waals surface area contributed by atoms with Crippen LogP contribution in [-0.4, -0.2) is 9.97 Å². The van der Waals surface area contributed by atoms with Gasteiger partial charge in [-0.2, -0.15) is 0 Å². The first-order chi connectivity index (χ1) is 30.7. The van der Waals surface area contributed by atoms with Crippen LogP contribution in [0.1, 0.15) is 0 Å². The van der Waals surface area contributed by atoms with Gasteiger partial charge in [-0.05, 0) is 99.1 Å². The third-order valence-electron chi connectivity index (χ3n) is 12.0. The van der Waals surface area contributed by atoms with E-state index in [2.05, 4.69) is 217 Å². The SMILES string of the molecule is c1ccc(-c2cccc(N(c3ccc(-c4ccc5ccc6ccc7nc(-c8ccccc8)c(-c8ccccc8)nc7c6c5c4)cc3)c3ccc4sc5ccccc5c4c3)c2)cc1. The number of hydrogen-bond acceptors (Lipinski definition) is 4. The molecule has 2 heterocycles. The molecule has 0 aliphatic rings. The van der Waals surface area contributed by atoms with E-state index < -0.39 is 0 Å². The largest absolute Gasteiger partial charge is 0.310 e. The predicted molar refractivity (Wildman–Crippen MR) is 264 cm³/mol. The smallest absolute Gasteiger partial charge is 0.0979 e. The Morgan fingerprint density at radius 3 is 1.65 bits per heavy atom. The van der Waals surface area contributed by atoms with Gasteiger partial charge in [0, 0.05) is 53.7 Å². The van der Waals surface area contributed by atoms with Gasteiger partial charge in [0.05, 0.1) is 22.4 Å². The number of aromatic nitrogens is 2. The highest BCUT2D eigenvalue weighted by Gasteiger charge is 2.18. The van der Waals surface area contributed by atoms with Gasteiger partial charge in [0.2, 0.25) is 0 Å². The molecule has 0 fully saturated rings. The van der Waals surface area contributed by atoms with E-state index in [-0.39, 0.29) is 0 Å². The molecule has 0 amide bonds. The Labute approximate surface area is 363 Å². The summed E-state index contributed by atoms with van der Waals surface area (Å²) >= 11 is 1.85. The number of fused-ring (bicyclic) bond motifs is 8. The molecule has 10 aromatic carbocycles. The van der Waals surface area contributed by atoms with Crippen molar-refractivity contribution in [3.63, 3.8) is 0 Å². The van der Waals surface area contributed by atoms with Crippen LogP contribution in [0.4, 0.5) is 17.1 Å². The van der Waals surface area contributed by atoms with Gasteiger partial charge in [0.1, 0.15) is 0 Å². The summed E-state index contributed by atoms with van der Waals surface area (Å²) in [4.78, 5) is 13.2. The van der Waals surface area contributed by atoms with Crippen molar-refractivity contribution in [2.75, 3.05) is 4.90 Å². The molecule has 290 valence electrons. The van der Waals surface area contributed by atoms with Crippen molar-refractivity contribution in [1.29, 1.82) is 0 Å². The first-order valence-electron chi connectivity index (χ1n) is 21.0. The summed E-state index contributed by atoms with van der Waals surface area (Å²) in [5.74, 6) is 0. The quantitative estimate of drug-likeness (QED) is 0.150. The van der Waals surface area contributed by atoms with Gasteiger partial charge in [0.15, 0.2) is 0 Å². The lowest BCUT2D eigenvalue weighted by Crippen LogP contribution is -2.10. The normalized spacial score (nSPS) is 11.5. The number of nitrogens with zero attached hydrogens (tertiary/aromatic N) is 3. The Hall–Kier alpha value is -7.92. The molecule has 0 bridgehead atoms. The molecule has 0 atom stereocenters. The highest BCUT2D eigenvalue weighted by molar-refractivity contribution is 7.25. The summed E-state index contributed by atoms with van der Waals surface area (Å²) in [6.07, 6.45) is 0. The molecule has 3 nitrogen and oxygen atoms in total. The Kier molecular flexibility index (Phi) is 8.68. The van der Waals surface area contributed by atoms with E-state index >= 15 is 0 Å². The van der Waals surface area contributed by atoms with Crippen LogP contribution < -0.4 is 4.90 Å². The summed E-state index contributed by atoms with van der Waals surface area (Å²) in [5.41, 5.74) is 13.6. The molecule has 0 saturated carbocycles. The number of thiophene rings is 1. The van der Waals surface area contributed by atoms with Crippen LogP contribution in [0.3, 0.4) is 0 Å². The second-order valence-corrected chi connectivity index (χ2v) is 16.8. The average molecular weight is 808 g/mol. The van der Waals surface area contributed by atoms with E-state index in [1.165, 1.54) is 36.7 Å². The lowest BCUT2D eigenvalue weighted by Gasteiger charge is -2.26. The Morgan fingerprint density at radius 2 is 0.871 bits per heavy atom. The van der Waals surface area contributed by atoms with Crippen molar-refractivity contribution in [1.82, 2.24) is 9.97 Å². The number of benzene rings is 10. The maximum Gasteiger partial charge on any atom is 0.0979 e. The topological polar surface area (TPSA) is 29.0 Å². The molecule has 62 heavy (non-hydrogen) atoms. The lowest BCUT2D eigenvalue weighted by molar-refractivity contribution is 1.29. The molecule has 2 aromatic heterocycles. The molecule has 0 aliphatic heterocycles. The van der Waals surface area contributed by atoms with Crippen LogP contribution in [0, 0.1) is 0 Å². The monoisotopic (exact) mass is 807 g/mol. The van der Waals surface area contributed by atoms with E-state index in [0.29, 0.717) is 0 Å². The molecular formula is C58H37N3S. The summed E-state index contributed by atoms with van der Waals surface area (Å²) in [6.45, 7) is 0. The number of hydrogen-bond donors (Lipinski definition) is 0. The molecule has 12 rings (SSSR count). The first-order valence-corrected chi connectivity index (χ1v) is 21.8. The predicted octanol–water partition coefficient (Wildman–Crippen LogP) is 16.4. The highest BCUT2D eigenvalue weighted by atomic mass is 32.1. The number of anilines is 3. The molecule has 0 unspecified atom stereocenters. The van der Waals surface area contributed by atoms with E-state index in [9.17, 15) is 0 Å². The average Bonchev–Trinajstić information content (AvgIpc) is 3.72. The fourth-order valence-corrected chi connectivity index (χ4v) is 10.1. The third kappa shape index (κ3) is 6.28. The van der Waals surface area contributed by atoms with Gasteiger partial charge in [-0.1, -0.05) is 164 Å². The van der Waals surface area contributed by atoms with E-state index in [1.807, 2.05) is 23.5 Å². The zero-order valence-electron chi connectivity index (χ0n) is 33.6. The van der Waals surface area contributed by atoms with Gasteiger partial charge in [-0.3, -0.25) is 0 Å². The van der Waals surface area contributed by atoms with Crippen molar-refractivity contribution in [2.45, 2.75) is 0 Å². The van der Waals surface area contributed by atoms with Crippen molar-refractivity contribution < 1.29 is 0 Å². The second kappa shape index (κ2) is 15.0. The maximum absolute atomic E-state index is 5.48. The van der Waals surface area contributed by atoms with Crippen molar-refractivity contribution in [3.05, 3.63) is 224 Å². The van der Waals surface area contributed by atoms with Crippen LogP contribution >= 0.6 is 11.3 Å². The molecule has 4 heteroatoms. The fraction of sp³-hybridized carbons (Fsp3) is 0. The summed E-state index contributed by atoms with van der Waals surface area (Å²) in [5, 5.41) is 7.15. The Morgan fingerprint density at radius 1 is 0.323 bits per heavy atom. The minimum atomic E-state index is 0.878. The van der Waals surface area contributed by atoms with Crippen molar-refractivity contribution in [3.8, 4) is 44.8 Å². The summed E-state index contributed by atoms with van der Waals surface area (Å²) in [7, 11) is 0. The molecule has 0 saturated heterocycles. The van der Waals surface area contributed by atoms with Crippen LogP contribution in [0.2, 0.25) is 0 Å². The zero-order chi connectivity index (χ0) is 41.0. The molecule has 0 N–H and O–H groups in total. The minimum absolute atomic E-state index is 0.878.